The molecule has 0 unspecified atom stereocenters. The molecule has 1 heterocycles. The van der Waals surface area contributed by atoms with Gasteiger partial charge in [0.1, 0.15) is 5.82 Å². The van der Waals surface area contributed by atoms with Gasteiger partial charge in [0.15, 0.2) is 0 Å². The van der Waals surface area contributed by atoms with Crippen LogP contribution in [-0.2, 0) is 6.54 Å². The Morgan fingerprint density at radius 1 is 0.968 bits per heavy atom. The maximum Gasteiger partial charge on any atom is 0.249 e. The minimum atomic E-state index is -0.515. The second-order valence-electron chi connectivity index (χ2n) is 7.38. The van der Waals surface area contributed by atoms with Crippen LogP contribution in [0.2, 0.25) is 5.02 Å². The number of hydrogen-bond acceptors (Lipinski definition) is 1. The highest BCUT2D eigenvalue weighted by molar-refractivity contribution is 6.30. The fourth-order valence-electron chi connectivity index (χ4n) is 4.07. The molecule has 0 fully saturated rings. The van der Waals surface area contributed by atoms with Crippen molar-refractivity contribution in [2.75, 3.05) is 0 Å². The standard InChI is InChI=1S/C26H17ClFN2O/c27-21-10-4-8-18(25(21)28)15-30-22-11-5-9-20(26(29)31)24(22)19-13-12-17(14-23(19)30)16-6-2-1-3-7-16/h1-12,14H,15H2,(H2,29,31). The Labute approximate surface area is 183 Å². The van der Waals surface area contributed by atoms with Crippen LogP contribution in [0.4, 0.5) is 4.39 Å². The second-order valence-corrected chi connectivity index (χ2v) is 7.78. The fourth-order valence-corrected chi connectivity index (χ4v) is 4.26. The zero-order valence-electron chi connectivity index (χ0n) is 16.4. The van der Waals surface area contributed by atoms with Crippen molar-refractivity contribution in [1.82, 2.24) is 4.57 Å². The van der Waals surface area contributed by atoms with Gasteiger partial charge in [0.2, 0.25) is 5.91 Å². The molecule has 0 atom stereocenters. The molecule has 5 rings (SSSR count). The Bertz CT molecular complexity index is 1460. The molecule has 0 bridgehead atoms. The van der Waals surface area contributed by atoms with Gasteiger partial charge in [-0.25, -0.2) is 4.39 Å². The summed E-state index contributed by atoms with van der Waals surface area (Å²) >= 11 is 6.01. The highest BCUT2D eigenvalue weighted by Gasteiger charge is 2.18. The predicted octanol–water partition coefficient (Wildman–Crippen LogP) is 6.20. The van der Waals surface area contributed by atoms with Crippen LogP contribution in [0.15, 0.2) is 78.9 Å². The van der Waals surface area contributed by atoms with Crippen molar-refractivity contribution in [3.05, 3.63) is 107 Å². The van der Waals surface area contributed by atoms with E-state index in [0.717, 1.165) is 27.5 Å². The molecule has 1 radical (unpaired) electrons. The first kappa shape index (κ1) is 19.3. The summed E-state index contributed by atoms with van der Waals surface area (Å²) in [5.41, 5.74) is 10.2. The predicted molar refractivity (Wildman–Crippen MR) is 123 cm³/mol. The van der Waals surface area contributed by atoms with Crippen LogP contribution in [0.3, 0.4) is 0 Å². The molecule has 0 saturated heterocycles. The SMILES string of the molecule is NC(=O)c1cccc2c1c1[c]cc(-c3ccccc3)cc1n2Cc1cccc(Cl)c1F. The lowest BCUT2D eigenvalue weighted by Gasteiger charge is -2.10. The molecule has 0 aliphatic heterocycles. The van der Waals surface area contributed by atoms with E-state index in [1.165, 1.54) is 6.07 Å². The summed E-state index contributed by atoms with van der Waals surface area (Å²) in [6.07, 6.45) is 0. The summed E-state index contributed by atoms with van der Waals surface area (Å²) in [7, 11) is 0. The molecule has 4 aromatic carbocycles. The number of fused-ring (bicyclic) bond motifs is 3. The van der Waals surface area contributed by atoms with Crippen LogP contribution in [0.1, 0.15) is 15.9 Å². The molecule has 151 valence electrons. The number of amides is 1. The van der Waals surface area contributed by atoms with Crippen molar-refractivity contribution in [2.24, 2.45) is 5.73 Å². The van der Waals surface area contributed by atoms with Gasteiger partial charge >= 0.3 is 0 Å². The van der Waals surface area contributed by atoms with E-state index < -0.39 is 11.7 Å². The van der Waals surface area contributed by atoms with Gasteiger partial charge in [0.25, 0.3) is 0 Å². The minimum absolute atomic E-state index is 0.0765. The maximum absolute atomic E-state index is 14.7. The van der Waals surface area contributed by atoms with E-state index >= 15 is 0 Å². The number of hydrogen-bond donors (Lipinski definition) is 1. The fraction of sp³-hybridized carbons (Fsp3) is 0.0385. The number of primary amides is 1. The zero-order valence-corrected chi connectivity index (χ0v) is 17.2. The van der Waals surface area contributed by atoms with Gasteiger partial charge in [0.05, 0.1) is 22.6 Å². The van der Waals surface area contributed by atoms with Crippen LogP contribution in [0.5, 0.6) is 0 Å². The number of nitrogens with zero attached hydrogens (tertiary/aromatic N) is 1. The van der Waals surface area contributed by atoms with Gasteiger partial charge in [-0.05, 0) is 47.5 Å². The number of carbonyl (C=O) groups excluding carboxylic acids is 1. The average molecular weight is 428 g/mol. The molecule has 0 aliphatic carbocycles. The van der Waals surface area contributed by atoms with E-state index in [2.05, 4.69) is 6.07 Å². The van der Waals surface area contributed by atoms with E-state index in [9.17, 15) is 9.18 Å². The third-order valence-electron chi connectivity index (χ3n) is 5.53. The highest BCUT2D eigenvalue weighted by atomic mass is 35.5. The summed E-state index contributed by atoms with van der Waals surface area (Å²) in [6, 6.07) is 27.6. The summed E-state index contributed by atoms with van der Waals surface area (Å²) < 4.78 is 16.7. The van der Waals surface area contributed by atoms with Gasteiger partial charge < -0.3 is 10.3 Å². The molecular formula is C26H17ClFN2O. The van der Waals surface area contributed by atoms with Gasteiger partial charge in [0, 0.05) is 21.9 Å². The smallest absolute Gasteiger partial charge is 0.249 e. The van der Waals surface area contributed by atoms with E-state index in [1.54, 1.807) is 24.3 Å². The topological polar surface area (TPSA) is 48.0 Å². The van der Waals surface area contributed by atoms with Gasteiger partial charge in [-0.15, -0.1) is 0 Å². The number of benzene rings is 4. The van der Waals surface area contributed by atoms with Crippen molar-refractivity contribution in [1.29, 1.82) is 0 Å². The Morgan fingerprint density at radius 3 is 2.52 bits per heavy atom. The summed E-state index contributed by atoms with van der Waals surface area (Å²) in [5, 5.41) is 1.56. The second kappa shape index (κ2) is 7.56. The molecule has 1 aromatic heterocycles. The highest BCUT2D eigenvalue weighted by Crippen LogP contribution is 2.35. The molecule has 0 saturated carbocycles. The van der Waals surface area contributed by atoms with Gasteiger partial charge in [-0.2, -0.15) is 0 Å². The van der Waals surface area contributed by atoms with Crippen molar-refractivity contribution in [3.8, 4) is 11.1 Å². The molecule has 0 aliphatic rings. The van der Waals surface area contributed by atoms with Gasteiger partial charge in [-0.3, -0.25) is 4.79 Å². The average Bonchev–Trinajstić information content (AvgIpc) is 3.10. The first-order valence-electron chi connectivity index (χ1n) is 9.79. The molecule has 31 heavy (non-hydrogen) atoms. The summed E-state index contributed by atoms with van der Waals surface area (Å²) in [5.74, 6) is -0.965. The Balaban J connectivity index is 1.83. The third kappa shape index (κ3) is 3.25. The number of aromatic nitrogens is 1. The van der Waals surface area contributed by atoms with Crippen molar-refractivity contribution >= 4 is 39.3 Å². The lowest BCUT2D eigenvalue weighted by atomic mass is 10.0. The van der Waals surface area contributed by atoms with Crippen LogP contribution in [0.25, 0.3) is 32.9 Å². The molecule has 0 spiro atoms. The number of carbonyl (C=O) groups is 1. The van der Waals surface area contributed by atoms with Crippen molar-refractivity contribution in [3.63, 3.8) is 0 Å². The van der Waals surface area contributed by atoms with Crippen LogP contribution < -0.4 is 5.73 Å². The van der Waals surface area contributed by atoms with E-state index in [0.29, 0.717) is 16.5 Å². The Kier molecular flexibility index (Phi) is 4.72. The zero-order chi connectivity index (χ0) is 21.5. The molecule has 5 heteroatoms. The monoisotopic (exact) mass is 427 g/mol. The van der Waals surface area contributed by atoms with E-state index in [1.807, 2.05) is 53.1 Å². The van der Waals surface area contributed by atoms with Crippen molar-refractivity contribution in [2.45, 2.75) is 6.54 Å². The maximum atomic E-state index is 14.7. The van der Waals surface area contributed by atoms with Gasteiger partial charge in [-0.1, -0.05) is 60.1 Å². The molecule has 1 amide bonds. The Hall–Kier alpha value is -3.63. The molecular weight excluding hydrogens is 411 g/mol. The summed E-state index contributed by atoms with van der Waals surface area (Å²) in [4.78, 5) is 12.1. The summed E-state index contributed by atoms with van der Waals surface area (Å²) in [6.45, 7) is 0.251. The largest absolute Gasteiger partial charge is 0.366 e. The first-order chi connectivity index (χ1) is 15.0. The van der Waals surface area contributed by atoms with Crippen LogP contribution in [0, 0.1) is 11.9 Å². The lowest BCUT2D eigenvalue weighted by molar-refractivity contribution is 0.100. The molecule has 3 nitrogen and oxygen atoms in total. The molecule has 5 aromatic rings. The first-order valence-corrected chi connectivity index (χ1v) is 10.2. The van der Waals surface area contributed by atoms with Crippen molar-refractivity contribution < 1.29 is 9.18 Å². The number of rotatable bonds is 4. The van der Waals surface area contributed by atoms with Crippen LogP contribution >= 0.6 is 11.6 Å². The lowest BCUT2D eigenvalue weighted by Crippen LogP contribution is -2.11. The third-order valence-corrected chi connectivity index (χ3v) is 5.82. The molecule has 2 N–H and O–H groups in total. The van der Waals surface area contributed by atoms with Crippen LogP contribution in [-0.4, -0.2) is 10.5 Å². The van der Waals surface area contributed by atoms with E-state index in [-0.39, 0.29) is 11.6 Å². The quantitative estimate of drug-likeness (QED) is 0.364. The number of nitrogens with two attached hydrogens (primary N) is 1. The number of halogens is 2. The Morgan fingerprint density at radius 2 is 1.74 bits per heavy atom. The normalized spacial score (nSPS) is 11.3. The van der Waals surface area contributed by atoms with E-state index in [4.69, 9.17) is 17.3 Å². The minimum Gasteiger partial charge on any atom is -0.366 e.